The molecule has 152 valence electrons. The van der Waals surface area contributed by atoms with Gasteiger partial charge in [-0.1, -0.05) is 30.3 Å². The van der Waals surface area contributed by atoms with E-state index in [2.05, 4.69) is 20.2 Å². The first-order valence-corrected chi connectivity index (χ1v) is 8.62. The molecule has 0 saturated heterocycles. The van der Waals surface area contributed by atoms with Crippen LogP contribution in [0.15, 0.2) is 65.3 Å². The Labute approximate surface area is 167 Å². The van der Waals surface area contributed by atoms with Crippen molar-refractivity contribution < 1.29 is 26.7 Å². The smallest absolute Gasteiger partial charge is 0.317 e. The summed E-state index contributed by atoms with van der Waals surface area (Å²) in [6, 6.07) is 11.7. The molecule has 0 aliphatic carbocycles. The van der Waals surface area contributed by atoms with Gasteiger partial charge < -0.3 is 9.15 Å². The third-order valence-electron chi connectivity index (χ3n) is 4.07. The largest absolute Gasteiger partial charge is 0.450 e. The summed E-state index contributed by atoms with van der Waals surface area (Å²) in [6.07, 6.45) is -1.36. The molecule has 0 spiro atoms. The Morgan fingerprint density at radius 3 is 2.27 bits per heavy atom. The van der Waals surface area contributed by atoms with Crippen molar-refractivity contribution in [2.24, 2.45) is 0 Å². The standard InChI is InChI=1S/C20H12F4N4O2/c21-13-6-7-14(15(22)8-13)16(11-4-2-1-3-5-11)29-20-25-9-12(10-26-20)18-27-28-19(30-18)17(23)24/h1-10,16-17H. The number of ether oxygens (including phenoxy) is 1. The summed E-state index contributed by atoms with van der Waals surface area (Å²) in [5, 5.41) is 6.74. The first-order chi connectivity index (χ1) is 14.5. The van der Waals surface area contributed by atoms with E-state index in [-0.39, 0.29) is 23.0 Å². The average molecular weight is 416 g/mol. The van der Waals surface area contributed by atoms with E-state index in [0.29, 0.717) is 5.56 Å². The monoisotopic (exact) mass is 416 g/mol. The fourth-order valence-electron chi connectivity index (χ4n) is 2.69. The zero-order valence-electron chi connectivity index (χ0n) is 15.0. The van der Waals surface area contributed by atoms with Crippen LogP contribution in [0.2, 0.25) is 0 Å². The van der Waals surface area contributed by atoms with Crippen LogP contribution in [0.1, 0.15) is 29.5 Å². The van der Waals surface area contributed by atoms with Gasteiger partial charge in [-0.15, -0.1) is 10.2 Å². The van der Waals surface area contributed by atoms with E-state index in [4.69, 9.17) is 9.15 Å². The molecule has 0 bridgehead atoms. The van der Waals surface area contributed by atoms with Gasteiger partial charge >= 0.3 is 12.4 Å². The van der Waals surface area contributed by atoms with Crippen molar-refractivity contribution in [3.05, 3.63) is 89.6 Å². The van der Waals surface area contributed by atoms with Crippen molar-refractivity contribution in [2.45, 2.75) is 12.5 Å². The molecule has 0 amide bonds. The molecule has 0 aliphatic heterocycles. The number of alkyl halides is 2. The fourth-order valence-corrected chi connectivity index (χ4v) is 2.69. The van der Waals surface area contributed by atoms with Crippen LogP contribution < -0.4 is 4.74 Å². The third kappa shape index (κ3) is 4.12. The number of benzene rings is 2. The maximum atomic E-state index is 14.4. The average Bonchev–Trinajstić information content (AvgIpc) is 3.24. The molecule has 4 rings (SSSR count). The van der Waals surface area contributed by atoms with Gasteiger partial charge in [-0.25, -0.2) is 18.7 Å². The van der Waals surface area contributed by atoms with Gasteiger partial charge in [0.15, 0.2) is 6.10 Å². The Morgan fingerprint density at radius 2 is 1.63 bits per heavy atom. The number of hydrogen-bond donors (Lipinski definition) is 0. The maximum Gasteiger partial charge on any atom is 0.317 e. The summed E-state index contributed by atoms with van der Waals surface area (Å²) < 4.78 is 63.5. The molecule has 0 aliphatic rings. The van der Waals surface area contributed by atoms with E-state index < -0.39 is 30.1 Å². The first-order valence-electron chi connectivity index (χ1n) is 8.62. The summed E-state index contributed by atoms with van der Waals surface area (Å²) in [4.78, 5) is 8.00. The minimum Gasteiger partial charge on any atom is -0.450 e. The normalized spacial score (nSPS) is 12.2. The van der Waals surface area contributed by atoms with Crippen molar-refractivity contribution >= 4 is 0 Å². The van der Waals surface area contributed by atoms with Gasteiger partial charge in [0.2, 0.25) is 0 Å². The summed E-state index contributed by atoms with van der Waals surface area (Å²) in [5.41, 5.74) is 0.883. The van der Waals surface area contributed by atoms with Crippen LogP contribution >= 0.6 is 0 Å². The van der Waals surface area contributed by atoms with Gasteiger partial charge in [0.05, 0.1) is 5.56 Å². The second-order valence-corrected chi connectivity index (χ2v) is 6.07. The fraction of sp³-hybridized carbons (Fsp3) is 0.100. The number of nitrogens with zero attached hydrogens (tertiary/aromatic N) is 4. The van der Waals surface area contributed by atoms with Gasteiger partial charge in [0.1, 0.15) is 11.6 Å². The van der Waals surface area contributed by atoms with Crippen LogP contribution in [-0.4, -0.2) is 20.2 Å². The van der Waals surface area contributed by atoms with Crippen LogP contribution in [0.5, 0.6) is 6.01 Å². The Bertz CT molecular complexity index is 1140. The zero-order valence-corrected chi connectivity index (χ0v) is 15.0. The second-order valence-electron chi connectivity index (χ2n) is 6.07. The third-order valence-corrected chi connectivity index (χ3v) is 4.07. The SMILES string of the molecule is Fc1ccc(C(Oc2ncc(-c3nnc(C(F)F)o3)cn2)c2ccccc2)c(F)c1. The van der Waals surface area contributed by atoms with E-state index in [9.17, 15) is 17.6 Å². The van der Waals surface area contributed by atoms with Gasteiger partial charge in [0, 0.05) is 24.0 Å². The van der Waals surface area contributed by atoms with E-state index in [0.717, 1.165) is 12.1 Å². The molecular formula is C20H12F4N4O2. The van der Waals surface area contributed by atoms with Gasteiger partial charge in [-0.05, 0) is 17.7 Å². The molecular weight excluding hydrogens is 404 g/mol. The van der Waals surface area contributed by atoms with Gasteiger partial charge in [0.25, 0.3) is 11.8 Å². The number of aromatic nitrogens is 4. The van der Waals surface area contributed by atoms with Crippen LogP contribution in [0.25, 0.3) is 11.5 Å². The second kappa shape index (κ2) is 8.27. The predicted molar refractivity (Wildman–Crippen MR) is 95.6 cm³/mol. The predicted octanol–water partition coefficient (Wildman–Crippen LogP) is 4.91. The topological polar surface area (TPSA) is 73.9 Å². The minimum atomic E-state index is -2.90. The van der Waals surface area contributed by atoms with Crippen LogP contribution in [0, 0.1) is 11.6 Å². The molecule has 0 N–H and O–H groups in total. The van der Waals surface area contributed by atoms with E-state index in [1.54, 1.807) is 30.3 Å². The Kier molecular flexibility index (Phi) is 5.38. The Hall–Kier alpha value is -3.82. The van der Waals surface area contributed by atoms with E-state index in [1.807, 2.05) is 0 Å². The molecule has 30 heavy (non-hydrogen) atoms. The van der Waals surface area contributed by atoms with Gasteiger partial charge in [-0.3, -0.25) is 0 Å². The summed E-state index contributed by atoms with van der Waals surface area (Å²) in [7, 11) is 0. The lowest BCUT2D eigenvalue weighted by Crippen LogP contribution is -2.13. The molecule has 2 heterocycles. The number of hydrogen-bond acceptors (Lipinski definition) is 6. The summed E-state index contributed by atoms with van der Waals surface area (Å²) >= 11 is 0. The van der Waals surface area contributed by atoms with Crippen molar-refractivity contribution in [2.75, 3.05) is 0 Å². The van der Waals surface area contributed by atoms with Crippen molar-refractivity contribution in [3.63, 3.8) is 0 Å². The molecule has 2 aromatic heterocycles. The number of rotatable bonds is 6. The minimum absolute atomic E-state index is 0.0914. The summed E-state index contributed by atoms with van der Waals surface area (Å²) in [5.74, 6) is -2.50. The lowest BCUT2D eigenvalue weighted by Gasteiger charge is -2.19. The van der Waals surface area contributed by atoms with Crippen molar-refractivity contribution in [1.82, 2.24) is 20.2 Å². The Morgan fingerprint density at radius 1 is 0.900 bits per heavy atom. The Balaban J connectivity index is 1.63. The first kappa shape index (κ1) is 19.5. The molecule has 2 aromatic carbocycles. The van der Waals surface area contributed by atoms with Gasteiger partial charge in [-0.2, -0.15) is 8.78 Å². The molecule has 10 heteroatoms. The van der Waals surface area contributed by atoms with E-state index >= 15 is 0 Å². The molecule has 1 atom stereocenters. The van der Waals surface area contributed by atoms with Crippen molar-refractivity contribution in [1.29, 1.82) is 0 Å². The van der Waals surface area contributed by atoms with Crippen molar-refractivity contribution in [3.8, 4) is 17.5 Å². The lowest BCUT2D eigenvalue weighted by molar-refractivity contribution is 0.116. The zero-order chi connectivity index (χ0) is 21.1. The highest BCUT2D eigenvalue weighted by Gasteiger charge is 2.22. The van der Waals surface area contributed by atoms with Crippen LogP contribution in [0.3, 0.4) is 0 Å². The van der Waals surface area contributed by atoms with E-state index in [1.165, 1.54) is 18.5 Å². The van der Waals surface area contributed by atoms with Crippen LogP contribution in [0.4, 0.5) is 17.6 Å². The lowest BCUT2D eigenvalue weighted by atomic mass is 10.0. The maximum absolute atomic E-state index is 14.4. The van der Waals surface area contributed by atoms with Crippen LogP contribution in [-0.2, 0) is 0 Å². The molecule has 1 unspecified atom stereocenters. The highest BCUT2D eigenvalue weighted by molar-refractivity contribution is 5.49. The molecule has 0 radical (unpaired) electrons. The highest BCUT2D eigenvalue weighted by Crippen LogP contribution is 2.30. The number of halogens is 4. The molecule has 0 fully saturated rings. The quantitative estimate of drug-likeness (QED) is 0.416. The molecule has 4 aromatic rings. The molecule has 6 nitrogen and oxygen atoms in total. The molecule has 0 saturated carbocycles. The highest BCUT2D eigenvalue weighted by atomic mass is 19.3. The summed E-state index contributed by atoms with van der Waals surface area (Å²) in [6.45, 7) is 0.